The predicted octanol–water partition coefficient (Wildman–Crippen LogP) is 3.41. The molecular formula is C17H35N3O3. The van der Waals surface area contributed by atoms with Gasteiger partial charge in [-0.15, -0.1) is 0 Å². The predicted molar refractivity (Wildman–Crippen MR) is 93.6 cm³/mol. The number of ether oxygens (including phenoxy) is 1. The second-order valence-corrected chi connectivity index (χ2v) is 6.92. The highest BCUT2D eigenvalue weighted by Gasteiger charge is 2.22. The lowest BCUT2D eigenvalue weighted by molar-refractivity contribution is 0.0620. The summed E-state index contributed by atoms with van der Waals surface area (Å²) in [4.78, 5) is 29.2. The Morgan fingerprint density at radius 2 is 1.26 bits per heavy atom. The van der Waals surface area contributed by atoms with E-state index in [2.05, 4.69) is 0 Å². The van der Waals surface area contributed by atoms with Crippen molar-refractivity contribution in [3.8, 4) is 0 Å². The van der Waals surface area contributed by atoms with E-state index >= 15 is 0 Å². The van der Waals surface area contributed by atoms with Crippen LogP contribution in [0.5, 0.6) is 0 Å². The lowest BCUT2D eigenvalue weighted by Gasteiger charge is -2.32. The third-order valence-corrected chi connectivity index (χ3v) is 4.39. The van der Waals surface area contributed by atoms with Crippen molar-refractivity contribution < 1.29 is 14.3 Å². The highest BCUT2D eigenvalue weighted by molar-refractivity contribution is 5.74. The number of nitrogens with zero attached hydrogens (tertiary/aromatic N) is 3. The summed E-state index contributed by atoms with van der Waals surface area (Å²) < 4.78 is 5.42. The molecule has 6 nitrogen and oxygen atoms in total. The summed E-state index contributed by atoms with van der Waals surface area (Å²) >= 11 is 0. The van der Waals surface area contributed by atoms with Crippen molar-refractivity contribution in [3.63, 3.8) is 0 Å². The summed E-state index contributed by atoms with van der Waals surface area (Å²) in [5.41, 5.74) is 0. The first kappa shape index (κ1) is 21.5. The van der Waals surface area contributed by atoms with Crippen LogP contribution in [0.25, 0.3) is 0 Å². The van der Waals surface area contributed by atoms with Crippen molar-refractivity contribution in [1.29, 1.82) is 0 Å². The van der Waals surface area contributed by atoms with Gasteiger partial charge in [-0.3, -0.25) is 0 Å². The molecule has 2 atom stereocenters. The Morgan fingerprint density at radius 1 is 0.783 bits per heavy atom. The zero-order valence-electron chi connectivity index (χ0n) is 16.3. The molecule has 0 aromatic rings. The Morgan fingerprint density at radius 3 is 1.70 bits per heavy atom. The third-order valence-electron chi connectivity index (χ3n) is 4.39. The maximum atomic E-state index is 12.3. The Labute approximate surface area is 141 Å². The molecular weight excluding hydrogens is 294 g/mol. The molecule has 0 aromatic carbocycles. The molecule has 0 heterocycles. The van der Waals surface area contributed by atoms with Crippen LogP contribution in [0.3, 0.4) is 0 Å². The molecule has 0 radical (unpaired) electrons. The molecule has 0 bridgehead atoms. The number of urea groups is 1. The molecule has 0 N–H and O–H groups in total. The zero-order valence-corrected chi connectivity index (χ0v) is 16.3. The molecule has 0 spiro atoms. The van der Waals surface area contributed by atoms with E-state index in [1.54, 1.807) is 21.7 Å². The molecule has 3 amide bonds. The van der Waals surface area contributed by atoms with Gasteiger partial charge in [-0.25, -0.2) is 9.59 Å². The van der Waals surface area contributed by atoms with Gasteiger partial charge in [0.15, 0.2) is 0 Å². The van der Waals surface area contributed by atoms with Gasteiger partial charge < -0.3 is 19.4 Å². The summed E-state index contributed by atoms with van der Waals surface area (Å²) in [6.45, 7) is 11.8. The average Bonchev–Trinajstić information content (AvgIpc) is 2.48. The van der Waals surface area contributed by atoms with Gasteiger partial charge in [-0.2, -0.15) is 0 Å². The smallest absolute Gasteiger partial charge is 0.409 e. The van der Waals surface area contributed by atoms with Crippen molar-refractivity contribution in [2.75, 3.05) is 21.1 Å². The van der Waals surface area contributed by atoms with E-state index < -0.39 is 0 Å². The largest absolute Gasteiger partial charge is 0.446 e. The van der Waals surface area contributed by atoms with Gasteiger partial charge >= 0.3 is 12.1 Å². The van der Waals surface area contributed by atoms with Crippen molar-refractivity contribution in [3.05, 3.63) is 0 Å². The topological polar surface area (TPSA) is 53.1 Å². The number of carbonyl (C=O) groups is 2. The Kier molecular flexibility index (Phi) is 9.02. The lowest BCUT2D eigenvalue weighted by Crippen LogP contribution is -2.46. The van der Waals surface area contributed by atoms with Crippen molar-refractivity contribution in [1.82, 2.24) is 14.7 Å². The van der Waals surface area contributed by atoms with Crippen LogP contribution >= 0.6 is 0 Å². The van der Waals surface area contributed by atoms with Crippen LogP contribution in [0.15, 0.2) is 0 Å². The summed E-state index contributed by atoms with van der Waals surface area (Å²) in [6, 6.07) is 0.386. The molecule has 2 unspecified atom stereocenters. The number of rotatable bonds is 7. The SMILES string of the molecule is CC(CCC(C)N(C)C(=O)N(C)C(C)C)OC(=O)N(C)C(C)C. The molecule has 0 saturated heterocycles. The van der Waals surface area contributed by atoms with Crippen LogP contribution in [-0.4, -0.2) is 72.2 Å². The van der Waals surface area contributed by atoms with E-state index in [-0.39, 0.29) is 36.4 Å². The molecule has 0 aliphatic rings. The maximum absolute atomic E-state index is 12.3. The summed E-state index contributed by atoms with van der Waals surface area (Å²) in [5.74, 6) is 0. The van der Waals surface area contributed by atoms with Crippen LogP contribution in [0.1, 0.15) is 54.4 Å². The molecule has 0 aromatic heterocycles. The second-order valence-electron chi connectivity index (χ2n) is 6.92. The maximum Gasteiger partial charge on any atom is 0.409 e. The highest BCUT2D eigenvalue weighted by atomic mass is 16.6. The van der Waals surface area contributed by atoms with Gasteiger partial charge in [-0.05, 0) is 54.4 Å². The zero-order chi connectivity index (χ0) is 18.3. The fraction of sp³-hybridized carbons (Fsp3) is 0.882. The number of carbonyl (C=O) groups excluding carboxylic acids is 2. The molecule has 0 rings (SSSR count). The Bertz CT molecular complexity index is 385. The van der Waals surface area contributed by atoms with Crippen LogP contribution in [0.4, 0.5) is 9.59 Å². The van der Waals surface area contributed by atoms with Crippen LogP contribution in [0.2, 0.25) is 0 Å². The van der Waals surface area contributed by atoms with E-state index in [4.69, 9.17) is 4.74 Å². The second kappa shape index (κ2) is 9.63. The fourth-order valence-electron chi connectivity index (χ4n) is 1.85. The Balaban J connectivity index is 4.34. The average molecular weight is 329 g/mol. The van der Waals surface area contributed by atoms with Gasteiger partial charge in [0.1, 0.15) is 6.10 Å². The van der Waals surface area contributed by atoms with E-state index in [0.717, 1.165) is 12.8 Å². The minimum Gasteiger partial charge on any atom is -0.446 e. The molecule has 0 aliphatic carbocycles. The fourth-order valence-corrected chi connectivity index (χ4v) is 1.85. The molecule has 0 fully saturated rings. The highest BCUT2D eigenvalue weighted by Crippen LogP contribution is 2.13. The first-order valence-electron chi connectivity index (χ1n) is 8.42. The normalized spacial score (nSPS) is 13.7. The first-order valence-corrected chi connectivity index (χ1v) is 8.42. The van der Waals surface area contributed by atoms with Crippen molar-refractivity contribution in [2.24, 2.45) is 0 Å². The van der Waals surface area contributed by atoms with Crippen LogP contribution in [-0.2, 0) is 4.74 Å². The molecule has 0 saturated carbocycles. The number of hydrogen-bond donors (Lipinski definition) is 0. The quantitative estimate of drug-likeness (QED) is 0.719. The van der Waals surface area contributed by atoms with E-state index in [0.29, 0.717) is 0 Å². The van der Waals surface area contributed by atoms with Crippen LogP contribution in [0, 0.1) is 0 Å². The molecule has 23 heavy (non-hydrogen) atoms. The summed E-state index contributed by atoms with van der Waals surface area (Å²) in [6.07, 6.45) is 1.04. The standard InChI is InChI=1S/C17H35N3O3/c1-12(2)18(7)16(21)20(9)14(5)10-11-15(6)23-17(22)19(8)13(3)4/h12-15H,10-11H2,1-9H3. The van der Waals surface area contributed by atoms with Gasteiger partial charge in [0.05, 0.1) is 0 Å². The van der Waals surface area contributed by atoms with Crippen molar-refractivity contribution >= 4 is 12.1 Å². The molecule has 136 valence electrons. The van der Waals surface area contributed by atoms with Gasteiger partial charge in [-0.1, -0.05) is 0 Å². The third kappa shape index (κ3) is 7.10. The number of amides is 3. The van der Waals surface area contributed by atoms with Gasteiger partial charge in [0, 0.05) is 39.3 Å². The summed E-state index contributed by atoms with van der Waals surface area (Å²) in [7, 11) is 5.36. The van der Waals surface area contributed by atoms with Gasteiger partial charge in [0.25, 0.3) is 0 Å². The van der Waals surface area contributed by atoms with E-state index in [9.17, 15) is 9.59 Å². The minimum absolute atomic E-state index is 0.0108. The molecule has 0 aliphatic heterocycles. The van der Waals surface area contributed by atoms with Crippen LogP contribution < -0.4 is 0 Å². The Hall–Kier alpha value is -1.46. The number of hydrogen-bond acceptors (Lipinski definition) is 3. The monoisotopic (exact) mass is 329 g/mol. The van der Waals surface area contributed by atoms with E-state index in [1.165, 1.54) is 0 Å². The lowest BCUT2D eigenvalue weighted by atomic mass is 10.1. The van der Waals surface area contributed by atoms with E-state index in [1.807, 2.05) is 55.6 Å². The van der Waals surface area contributed by atoms with Gasteiger partial charge in [0.2, 0.25) is 0 Å². The van der Waals surface area contributed by atoms with Crippen molar-refractivity contribution in [2.45, 2.75) is 78.6 Å². The molecule has 6 heteroatoms. The minimum atomic E-state index is -0.302. The summed E-state index contributed by atoms with van der Waals surface area (Å²) in [5, 5.41) is 0. The first-order chi connectivity index (χ1) is 10.5.